The Morgan fingerprint density at radius 1 is 1.42 bits per heavy atom. The molecule has 0 bridgehead atoms. The highest BCUT2D eigenvalue weighted by atomic mass is 35.5. The van der Waals surface area contributed by atoms with E-state index in [1.807, 2.05) is 6.92 Å². The van der Waals surface area contributed by atoms with Gasteiger partial charge in [0.25, 0.3) is 0 Å². The van der Waals surface area contributed by atoms with Gasteiger partial charge in [0.1, 0.15) is 0 Å². The maximum atomic E-state index is 12.5. The van der Waals surface area contributed by atoms with Crippen LogP contribution < -0.4 is 5.43 Å². The Bertz CT molecular complexity index is 864. The fourth-order valence-electron chi connectivity index (χ4n) is 2.39. The van der Waals surface area contributed by atoms with Crippen LogP contribution in [0, 0.1) is 6.92 Å². The molecule has 1 N–H and O–H groups in total. The average Bonchev–Trinajstić information content (AvgIpc) is 2.73. The highest BCUT2D eigenvalue weighted by Gasteiger charge is 2.17. The molecule has 0 spiro atoms. The summed E-state index contributed by atoms with van der Waals surface area (Å²) in [4.78, 5) is 12.5. The standard InChI is InChI=1S/C13H12ClN3O2/c1-3-16-13-11(7(2)15-16)12(18)9-6-8(14)4-5-10(9)17(13)19/h4-6,19H,3H2,1-2H3. The van der Waals surface area contributed by atoms with Crippen LogP contribution in [0.15, 0.2) is 23.0 Å². The van der Waals surface area contributed by atoms with Crippen LogP contribution in [0.3, 0.4) is 0 Å². The molecule has 0 saturated carbocycles. The number of pyridine rings is 1. The van der Waals surface area contributed by atoms with Gasteiger partial charge in [-0.25, -0.2) is 4.68 Å². The van der Waals surface area contributed by atoms with Crippen molar-refractivity contribution in [2.75, 3.05) is 0 Å². The fraction of sp³-hybridized carbons (Fsp3) is 0.231. The van der Waals surface area contributed by atoms with Crippen LogP contribution in [-0.2, 0) is 6.54 Å². The normalized spacial score (nSPS) is 11.5. The molecule has 0 aliphatic carbocycles. The zero-order valence-electron chi connectivity index (χ0n) is 10.5. The van der Waals surface area contributed by atoms with E-state index >= 15 is 0 Å². The Kier molecular flexibility index (Phi) is 2.53. The molecular weight excluding hydrogens is 266 g/mol. The molecule has 98 valence electrons. The lowest BCUT2D eigenvalue weighted by atomic mass is 10.1. The molecular formula is C13H12ClN3O2. The molecule has 5 nitrogen and oxygen atoms in total. The summed E-state index contributed by atoms with van der Waals surface area (Å²) in [5.41, 5.74) is 1.29. The Labute approximate surface area is 113 Å². The first kappa shape index (κ1) is 12.0. The van der Waals surface area contributed by atoms with Crippen LogP contribution in [0.4, 0.5) is 0 Å². The third-order valence-electron chi connectivity index (χ3n) is 3.26. The molecule has 6 heteroatoms. The number of aromatic nitrogens is 3. The van der Waals surface area contributed by atoms with Gasteiger partial charge >= 0.3 is 0 Å². The van der Waals surface area contributed by atoms with Gasteiger partial charge in [-0.1, -0.05) is 11.6 Å². The van der Waals surface area contributed by atoms with Gasteiger partial charge < -0.3 is 5.21 Å². The van der Waals surface area contributed by atoms with Crippen LogP contribution in [-0.4, -0.2) is 19.7 Å². The zero-order valence-corrected chi connectivity index (χ0v) is 11.3. The zero-order chi connectivity index (χ0) is 13.7. The maximum Gasteiger partial charge on any atom is 0.201 e. The Balaban J connectivity index is 2.67. The van der Waals surface area contributed by atoms with E-state index in [9.17, 15) is 10.0 Å². The van der Waals surface area contributed by atoms with Gasteiger partial charge in [-0.3, -0.25) is 4.79 Å². The van der Waals surface area contributed by atoms with Crippen molar-refractivity contribution in [1.29, 1.82) is 0 Å². The predicted molar refractivity (Wildman–Crippen MR) is 74.1 cm³/mol. The number of rotatable bonds is 1. The highest BCUT2D eigenvalue weighted by Crippen LogP contribution is 2.22. The minimum atomic E-state index is -0.157. The largest absolute Gasteiger partial charge is 0.426 e. The number of aryl methyl sites for hydroxylation is 2. The highest BCUT2D eigenvalue weighted by molar-refractivity contribution is 6.31. The second kappa shape index (κ2) is 3.99. The smallest absolute Gasteiger partial charge is 0.201 e. The summed E-state index contributed by atoms with van der Waals surface area (Å²) in [5, 5.41) is 15.9. The SMILES string of the molecule is CCn1nc(C)c2c(=O)c3cc(Cl)ccc3n(O)c21. The number of halogens is 1. The number of nitrogens with zero attached hydrogens (tertiary/aromatic N) is 3. The minimum Gasteiger partial charge on any atom is -0.426 e. The van der Waals surface area contributed by atoms with Crippen molar-refractivity contribution in [2.45, 2.75) is 20.4 Å². The molecule has 1 aromatic carbocycles. The number of hydrogen-bond acceptors (Lipinski definition) is 3. The van der Waals surface area contributed by atoms with Gasteiger partial charge in [0.15, 0.2) is 5.65 Å². The van der Waals surface area contributed by atoms with Crippen molar-refractivity contribution in [2.24, 2.45) is 0 Å². The van der Waals surface area contributed by atoms with E-state index in [1.54, 1.807) is 29.8 Å². The first-order valence-electron chi connectivity index (χ1n) is 5.95. The third kappa shape index (κ3) is 1.55. The van der Waals surface area contributed by atoms with Crippen molar-refractivity contribution in [1.82, 2.24) is 14.5 Å². The predicted octanol–water partition coefficient (Wildman–Crippen LogP) is 2.57. The van der Waals surface area contributed by atoms with Crippen molar-refractivity contribution in [3.8, 4) is 0 Å². The molecule has 0 radical (unpaired) electrons. The molecule has 0 unspecified atom stereocenters. The lowest BCUT2D eigenvalue weighted by Crippen LogP contribution is -2.12. The monoisotopic (exact) mass is 277 g/mol. The van der Waals surface area contributed by atoms with Crippen molar-refractivity contribution in [3.05, 3.63) is 39.1 Å². The summed E-state index contributed by atoms with van der Waals surface area (Å²) < 4.78 is 2.62. The van der Waals surface area contributed by atoms with Crippen LogP contribution in [0.5, 0.6) is 0 Å². The Morgan fingerprint density at radius 3 is 2.84 bits per heavy atom. The lowest BCUT2D eigenvalue weighted by Gasteiger charge is -2.08. The summed E-state index contributed by atoms with van der Waals surface area (Å²) in [6.45, 7) is 4.23. The molecule has 0 amide bonds. The van der Waals surface area contributed by atoms with Crippen LogP contribution in [0.2, 0.25) is 5.02 Å². The van der Waals surface area contributed by atoms with Gasteiger partial charge in [0.2, 0.25) is 5.43 Å². The van der Waals surface area contributed by atoms with Crippen molar-refractivity contribution >= 4 is 33.5 Å². The molecule has 0 atom stereocenters. The number of hydrogen-bond donors (Lipinski definition) is 1. The third-order valence-corrected chi connectivity index (χ3v) is 3.49. The molecule has 2 aromatic heterocycles. The minimum absolute atomic E-state index is 0.157. The van der Waals surface area contributed by atoms with E-state index in [2.05, 4.69) is 5.10 Å². The van der Waals surface area contributed by atoms with Gasteiger partial charge in [0, 0.05) is 11.6 Å². The summed E-state index contributed by atoms with van der Waals surface area (Å²) >= 11 is 5.92. The maximum absolute atomic E-state index is 12.5. The van der Waals surface area contributed by atoms with Gasteiger partial charge in [0.05, 0.1) is 22.0 Å². The molecule has 0 aliphatic heterocycles. The van der Waals surface area contributed by atoms with Crippen LogP contribution in [0.1, 0.15) is 12.6 Å². The molecule has 0 saturated heterocycles. The van der Waals surface area contributed by atoms with Crippen molar-refractivity contribution in [3.63, 3.8) is 0 Å². The van der Waals surface area contributed by atoms with Gasteiger partial charge in [-0.05, 0) is 32.0 Å². The van der Waals surface area contributed by atoms with Gasteiger partial charge in [-0.2, -0.15) is 9.83 Å². The van der Waals surface area contributed by atoms with E-state index in [4.69, 9.17) is 11.6 Å². The first-order chi connectivity index (χ1) is 9.04. The molecule has 19 heavy (non-hydrogen) atoms. The number of fused-ring (bicyclic) bond motifs is 2. The van der Waals surface area contributed by atoms with E-state index in [1.165, 1.54) is 0 Å². The molecule has 3 rings (SSSR count). The fourth-order valence-corrected chi connectivity index (χ4v) is 2.57. The van der Waals surface area contributed by atoms with Crippen LogP contribution in [0.25, 0.3) is 21.9 Å². The summed E-state index contributed by atoms with van der Waals surface area (Å²) in [6, 6.07) is 4.83. The lowest BCUT2D eigenvalue weighted by molar-refractivity contribution is 0.206. The second-order valence-electron chi connectivity index (χ2n) is 4.40. The van der Waals surface area contributed by atoms with Gasteiger partial charge in [-0.15, -0.1) is 0 Å². The summed E-state index contributed by atoms with van der Waals surface area (Å²) in [5.74, 6) is 0. The van der Waals surface area contributed by atoms with E-state index in [-0.39, 0.29) is 5.43 Å². The average molecular weight is 278 g/mol. The molecule has 0 aliphatic rings. The van der Waals surface area contributed by atoms with E-state index in [0.717, 1.165) is 4.73 Å². The summed E-state index contributed by atoms with van der Waals surface area (Å²) in [6.07, 6.45) is 0. The Morgan fingerprint density at radius 2 is 2.16 bits per heavy atom. The molecule has 0 fully saturated rings. The van der Waals surface area contributed by atoms with E-state index in [0.29, 0.717) is 39.2 Å². The summed E-state index contributed by atoms with van der Waals surface area (Å²) in [7, 11) is 0. The molecule has 2 heterocycles. The van der Waals surface area contributed by atoms with E-state index < -0.39 is 0 Å². The first-order valence-corrected chi connectivity index (χ1v) is 6.33. The van der Waals surface area contributed by atoms with Crippen molar-refractivity contribution < 1.29 is 5.21 Å². The molecule has 3 aromatic rings. The number of benzene rings is 1. The topological polar surface area (TPSA) is 60.0 Å². The van der Waals surface area contributed by atoms with Crippen LogP contribution >= 0.6 is 11.6 Å². The second-order valence-corrected chi connectivity index (χ2v) is 4.84. The Hall–Kier alpha value is -2.01. The quantitative estimate of drug-likeness (QED) is 0.696.